The largest absolute Gasteiger partial charge is 0.355 e. The van der Waals surface area contributed by atoms with E-state index in [1.807, 2.05) is 11.8 Å². The highest BCUT2D eigenvalue weighted by atomic mass is 16.2. The van der Waals surface area contributed by atoms with Crippen molar-refractivity contribution in [3.8, 4) is 0 Å². The summed E-state index contributed by atoms with van der Waals surface area (Å²) < 4.78 is 0. The summed E-state index contributed by atoms with van der Waals surface area (Å²) in [6.07, 6.45) is 1.89. The van der Waals surface area contributed by atoms with E-state index in [0.29, 0.717) is 25.0 Å². The van der Waals surface area contributed by atoms with Gasteiger partial charge in [-0.15, -0.1) is 0 Å². The predicted octanol–water partition coefficient (Wildman–Crippen LogP) is -0.345. The zero-order valence-electron chi connectivity index (χ0n) is 13.2. The second-order valence-corrected chi connectivity index (χ2v) is 6.13. The summed E-state index contributed by atoms with van der Waals surface area (Å²) in [4.78, 5) is 28.2. The Balaban J connectivity index is 1.75. The van der Waals surface area contributed by atoms with Gasteiger partial charge in [0.2, 0.25) is 11.8 Å². The molecule has 0 saturated carbocycles. The molecule has 0 radical (unpaired) electrons. The molecular formula is C15H28N4O2. The Labute approximate surface area is 127 Å². The number of carbonyl (C=O) groups excluding carboxylic acids is 2. The highest BCUT2D eigenvalue weighted by Crippen LogP contribution is 2.19. The maximum absolute atomic E-state index is 12.5. The second-order valence-electron chi connectivity index (χ2n) is 6.13. The van der Waals surface area contributed by atoms with Crippen molar-refractivity contribution in [2.75, 3.05) is 45.8 Å². The Kier molecular flexibility index (Phi) is 5.99. The number of amides is 2. The SMILES string of the molecule is CCNC(=O)CN1CCN(C(=O)C2CCNC(C)C2)CC1. The van der Waals surface area contributed by atoms with Gasteiger partial charge in [0.1, 0.15) is 0 Å². The van der Waals surface area contributed by atoms with Crippen LogP contribution in [0.3, 0.4) is 0 Å². The Bertz CT molecular complexity index is 367. The van der Waals surface area contributed by atoms with Gasteiger partial charge in [0.15, 0.2) is 0 Å². The number of nitrogens with zero attached hydrogens (tertiary/aromatic N) is 2. The van der Waals surface area contributed by atoms with Crippen LogP contribution >= 0.6 is 0 Å². The van der Waals surface area contributed by atoms with Gasteiger partial charge in [-0.05, 0) is 33.2 Å². The van der Waals surface area contributed by atoms with E-state index in [4.69, 9.17) is 0 Å². The monoisotopic (exact) mass is 296 g/mol. The lowest BCUT2D eigenvalue weighted by molar-refractivity contribution is -0.138. The van der Waals surface area contributed by atoms with Crippen molar-refractivity contribution in [1.82, 2.24) is 20.4 Å². The van der Waals surface area contributed by atoms with E-state index in [1.165, 1.54) is 0 Å². The summed E-state index contributed by atoms with van der Waals surface area (Å²) in [5, 5.41) is 6.20. The van der Waals surface area contributed by atoms with Crippen LogP contribution in [0.4, 0.5) is 0 Å². The number of piperazine rings is 1. The maximum Gasteiger partial charge on any atom is 0.234 e. The molecule has 2 rings (SSSR count). The molecule has 2 aliphatic heterocycles. The fourth-order valence-electron chi connectivity index (χ4n) is 3.20. The van der Waals surface area contributed by atoms with Crippen molar-refractivity contribution in [2.45, 2.75) is 32.7 Å². The lowest BCUT2D eigenvalue weighted by Gasteiger charge is -2.37. The third kappa shape index (κ3) is 4.68. The van der Waals surface area contributed by atoms with Crippen molar-refractivity contribution < 1.29 is 9.59 Å². The van der Waals surface area contributed by atoms with Crippen LogP contribution in [0.25, 0.3) is 0 Å². The van der Waals surface area contributed by atoms with Crippen LogP contribution in [-0.4, -0.2) is 73.5 Å². The highest BCUT2D eigenvalue weighted by molar-refractivity contribution is 5.79. The molecule has 0 aliphatic carbocycles. The van der Waals surface area contributed by atoms with Gasteiger partial charge >= 0.3 is 0 Å². The summed E-state index contributed by atoms with van der Waals surface area (Å²) in [5.74, 6) is 0.557. The van der Waals surface area contributed by atoms with Gasteiger partial charge in [-0.2, -0.15) is 0 Å². The molecular weight excluding hydrogens is 268 g/mol. The molecule has 2 amide bonds. The summed E-state index contributed by atoms with van der Waals surface area (Å²) >= 11 is 0. The number of piperidine rings is 1. The molecule has 0 spiro atoms. The molecule has 2 fully saturated rings. The van der Waals surface area contributed by atoms with Crippen molar-refractivity contribution in [3.05, 3.63) is 0 Å². The van der Waals surface area contributed by atoms with E-state index in [1.54, 1.807) is 0 Å². The molecule has 2 saturated heterocycles. The lowest BCUT2D eigenvalue weighted by atomic mass is 9.92. The molecule has 2 unspecified atom stereocenters. The van der Waals surface area contributed by atoms with Crippen LogP contribution in [0.15, 0.2) is 0 Å². The molecule has 0 aromatic rings. The first-order valence-electron chi connectivity index (χ1n) is 8.11. The van der Waals surface area contributed by atoms with Crippen LogP contribution in [-0.2, 0) is 9.59 Å². The van der Waals surface area contributed by atoms with Gasteiger partial charge < -0.3 is 15.5 Å². The molecule has 2 atom stereocenters. The molecule has 6 heteroatoms. The topological polar surface area (TPSA) is 64.7 Å². The minimum atomic E-state index is 0.0736. The average Bonchev–Trinajstić information content (AvgIpc) is 2.47. The van der Waals surface area contributed by atoms with E-state index >= 15 is 0 Å². The fourth-order valence-corrected chi connectivity index (χ4v) is 3.20. The van der Waals surface area contributed by atoms with Crippen molar-refractivity contribution in [3.63, 3.8) is 0 Å². The molecule has 0 aromatic heterocycles. The van der Waals surface area contributed by atoms with Crippen molar-refractivity contribution >= 4 is 11.8 Å². The third-order valence-corrected chi connectivity index (χ3v) is 4.40. The number of hydrogen-bond donors (Lipinski definition) is 2. The van der Waals surface area contributed by atoms with Crippen LogP contribution in [0.1, 0.15) is 26.7 Å². The molecule has 0 aromatic carbocycles. The standard InChI is InChI=1S/C15H28N4O2/c1-3-16-14(20)11-18-6-8-19(9-7-18)15(21)13-4-5-17-12(2)10-13/h12-13,17H,3-11H2,1-2H3,(H,16,20). The Morgan fingerprint density at radius 3 is 2.57 bits per heavy atom. The molecule has 0 bridgehead atoms. The van der Waals surface area contributed by atoms with E-state index < -0.39 is 0 Å². The first-order valence-corrected chi connectivity index (χ1v) is 8.11. The Morgan fingerprint density at radius 1 is 1.24 bits per heavy atom. The van der Waals surface area contributed by atoms with Gasteiger partial charge in [0, 0.05) is 44.7 Å². The van der Waals surface area contributed by atoms with E-state index in [9.17, 15) is 9.59 Å². The number of carbonyl (C=O) groups is 2. The first-order chi connectivity index (χ1) is 10.1. The van der Waals surface area contributed by atoms with Gasteiger partial charge in [0.05, 0.1) is 6.54 Å². The minimum Gasteiger partial charge on any atom is -0.355 e. The lowest BCUT2D eigenvalue weighted by Crippen LogP contribution is -2.53. The maximum atomic E-state index is 12.5. The molecule has 2 heterocycles. The molecule has 2 aliphatic rings. The fraction of sp³-hybridized carbons (Fsp3) is 0.867. The van der Waals surface area contributed by atoms with Gasteiger partial charge in [-0.25, -0.2) is 0 Å². The van der Waals surface area contributed by atoms with Gasteiger partial charge in [-0.3, -0.25) is 14.5 Å². The molecule has 120 valence electrons. The first kappa shape index (κ1) is 16.2. The number of likely N-dealkylation sites (N-methyl/N-ethyl adjacent to an activating group) is 1. The minimum absolute atomic E-state index is 0.0736. The number of rotatable bonds is 4. The van der Waals surface area contributed by atoms with Crippen LogP contribution in [0.2, 0.25) is 0 Å². The van der Waals surface area contributed by atoms with E-state index in [0.717, 1.165) is 45.6 Å². The Morgan fingerprint density at radius 2 is 1.95 bits per heavy atom. The van der Waals surface area contributed by atoms with Crippen molar-refractivity contribution in [1.29, 1.82) is 0 Å². The molecule has 21 heavy (non-hydrogen) atoms. The van der Waals surface area contributed by atoms with Crippen molar-refractivity contribution in [2.24, 2.45) is 5.92 Å². The number of nitrogens with one attached hydrogen (secondary N) is 2. The molecule has 2 N–H and O–H groups in total. The normalized spacial score (nSPS) is 27.4. The number of hydrogen-bond acceptors (Lipinski definition) is 4. The molecule has 6 nitrogen and oxygen atoms in total. The zero-order chi connectivity index (χ0) is 15.2. The quantitative estimate of drug-likeness (QED) is 0.745. The predicted molar refractivity (Wildman–Crippen MR) is 81.9 cm³/mol. The highest BCUT2D eigenvalue weighted by Gasteiger charge is 2.30. The summed E-state index contributed by atoms with van der Waals surface area (Å²) in [5.41, 5.74) is 0. The average molecular weight is 296 g/mol. The van der Waals surface area contributed by atoms with Crippen LogP contribution in [0.5, 0.6) is 0 Å². The van der Waals surface area contributed by atoms with E-state index in [-0.39, 0.29) is 11.8 Å². The Hall–Kier alpha value is -1.14. The van der Waals surface area contributed by atoms with Gasteiger partial charge in [-0.1, -0.05) is 0 Å². The summed E-state index contributed by atoms with van der Waals surface area (Å²) in [7, 11) is 0. The van der Waals surface area contributed by atoms with Crippen LogP contribution < -0.4 is 10.6 Å². The smallest absolute Gasteiger partial charge is 0.234 e. The zero-order valence-corrected chi connectivity index (χ0v) is 13.2. The van der Waals surface area contributed by atoms with E-state index in [2.05, 4.69) is 22.5 Å². The summed E-state index contributed by atoms with van der Waals surface area (Å²) in [6.45, 7) is 9.21. The third-order valence-electron chi connectivity index (χ3n) is 4.40. The van der Waals surface area contributed by atoms with Gasteiger partial charge in [0.25, 0.3) is 0 Å². The van der Waals surface area contributed by atoms with Crippen LogP contribution in [0, 0.1) is 5.92 Å². The summed E-state index contributed by atoms with van der Waals surface area (Å²) in [6, 6.07) is 0.437. The second kappa shape index (κ2) is 7.75.